The van der Waals surface area contributed by atoms with Gasteiger partial charge in [-0.05, 0) is 117 Å². The van der Waals surface area contributed by atoms with Crippen LogP contribution in [0.5, 0.6) is 11.5 Å². The summed E-state index contributed by atoms with van der Waals surface area (Å²) in [7, 11) is -7.32. The van der Waals surface area contributed by atoms with Crippen molar-refractivity contribution in [1.29, 1.82) is 0 Å². The zero-order chi connectivity index (χ0) is 52.2. The SMILES string of the molecule is C=CS(=O)(=O)N1CCC2(CC1)N=C(c1cccc(OC(F)(F)F)c1)NC2=O.Cc1cc(N)ccc1/C=C/S(=O)(=O)N1CCC2(CC1)N=C(c1cccc(OC(F)(F)F)c1)NC2=O.Cc1cc(N)ccc1Br. The van der Waals surface area contributed by atoms with Gasteiger partial charge in [-0.15, -0.1) is 26.3 Å². The number of halogens is 7. The van der Waals surface area contributed by atoms with E-state index in [9.17, 15) is 52.8 Å². The van der Waals surface area contributed by atoms with Gasteiger partial charge in [-0.2, -0.15) is 8.61 Å². The lowest BCUT2D eigenvalue weighted by Crippen LogP contribution is -2.50. The van der Waals surface area contributed by atoms with Crippen LogP contribution in [-0.2, 0) is 29.6 Å². The van der Waals surface area contributed by atoms with Gasteiger partial charge >= 0.3 is 12.7 Å². The van der Waals surface area contributed by atoms with Gasteiger partial charge < -0.3 is 31.6 Å². The number of hydrogen-bond acceptors (Lipinski definition) is 12. The molecular weight excluding hydrogens is 1050 g/mol. The standard InChI is InChI=1S/C23H23F3N4O4S.C16H16F3N3O4S.C7H8BrN/c1-15-13-18(27)6-5-16(15)7-12-35(32,33)30-10-8-22(9-11-30)21(31)28-20(29-22)17-3-2-4-19(14-17)34-23(24,25)26;1-2-27(24,25)22-8-6-15(7-9-22)14(23)20-13(21-15)11-4-3-5-12(10-11)26-16(17,18)19;1-5-4-6(9)2-3-7(5)8/h2-7,12-14H,8-11,27H2,1H3,(H,28,29,31);2-5,10H,1,6-9H2,(H,20,21,23);2-4H,9H2,1H3/b12-7+;;. The highest BCUT2D eigenvalue weighted by molar-refractivity contribution is 9.10. The Hall–Kier alpha value is -6.28. The average Bonchev–Trinajstić information content (AvgIpc) is 3.78. The normalized spacial score (nSPS) is 18.1. The fourth-order valence-electron chi connectivity index (χ4n) is 7.79. The molecule has 2 fully saturated rings. The summed E-state index contributed by atoms with van der Waals surface area (Å²) >= 11 is 3.37. The molecule has 71 heavy (non-hydrogen) atoms. The van der Waals surface area contributed by atoms with Crippen molar-refractivity contribution in [1.82, 2.24) is 19.2 Å². The Balaban J connectivity index is 0.000000202. The third kappa shape index (κ3) is 13.8. The van der Waals surface area contributed by atoms with Crippen LogP contribution in [0.3, 0.4) is 0 Å². The molecule has 4 aromatic carbocycles. The molecule has 0 saturated carbocycles. The quantitative estimate of drug-likeness (QED) is 0.0966. The number of anilines is 2. The van der Waals surface area contributed by atoms with Gasteiger partial charge in [0.05, 0.1) is 0 Å². The third-order valence-electron chi connectivity index (χ3n) is 11.6. The summed E-state index contributed by atoms with van der Waals surface area (Å²) in [6.07, 6.45) is -7.58. The summed E-state index contributed by atoms with van der Waals surface area (Å²) in [6.45, 7) is 7.42. The highest BCUT2D eigenvalue weighted by Gasteiger charge is 2.49. The zero-order valence-corrected chi connectivity index (χ0v) is 41.1. The lowest BCUT2D eigenvalue weighted by atomic mass is 9.89. The van der Waals surface area contributed by atoms with E-state index in [1.807, 2.05) is 32.0 Å². The lowest BCUT2D eigenvalue weighted by molar-refractivity contribution is -0.275. The molecule has 16 nitrogen and oxygen atoms in total. The van der Waals surface area contributed by atoms with E-state index in [1.54, 1.807) is 18.2 Å². The number of hydrogen-bond donors (Lipinski definition) is 4. The second-order valence-corrected chi connectivity index (χ2v) is 21.1. The first kappa shape index (κ1) is 54.1. The smallest absolute Gasteiger partial charge is 0.406 e. The Kier molecular flexibility index (Phi) is 16.1. The maximum Gasteiger partial charge on any atom is 0.573 e. The van der Waals surface area contributed by atoms with Crippen LogP contribution in [0.1, 0.15) is 53.5 Å². The van der Waals surface area contributed by atoms with Gasteiger partial charge in [0.2, 0.25) is 20.0 Å². The number of benzene rings is 4. The Morgan fingerprint density at radius 2 is 1.08 bits per heavy atom. The van der Waals surface area contributed by atoms with Crippen LogP contribution in [-0.4, -0.2) is 98.9 Å². The molecule has 2 amide bonds. The topological polar surface area (TPSA) is 228 Å². The molecule has 0 unspecified atom stereocenters. The number of aryl methyl sites for hydroxylation is 2. The van der Waals surface area contributed by atoms with Gasteiger partial charge in [0, 0.05) is 64.0 Å². The Morgan fingerprint density at radius 1 is 0.662 bits per heavy atom. The first-order chi connectivity index (χ1) is 33.1. The molecule has 0 radical (unpaired) electrons. The first-order valence-electron chi connectivity index (χ1n) is 21.4. The number of carbonyl (C=O) groups excluding carboxylic acids is 2. The van der Waals surface area contributed by atoms with Crippen LogP contribution < -0.4 is 31.6 Å². The number of alkyl halides is 6. The molecule has 25 heteroatoms. The summed E-state index contributed by atoms with van der Waals surface area (Å²) in [5.41, 5.74) is 13.6. The molecule has 8 rings (SSSR count). The fourth-order valence-corrected chi connectivity index (χ4v) is 10.1. The molecule has 0 bridgehead atoms. The second kappa shape index (κ2) is 21.2. The minimum absolute atomic E-state index is 0.0643. The van der Waals surface area contributed by atoms with Crippen LogP contribution >= 0.6 is 15.9 Å². The lowest BCUT2D eigenvalue weighted by Gasteiger charge is -2.34. The molecule has 4 heterocycles. The van der Waals surface area contributed by atoms with Crippen molar-refractivity contribution in [2.75, 3.05) is 37.6 Å². The Labute approximate surface area is 413 Å². The van der Waals surface area contributed by atoms with E-state index in [1.165, 1.54) is 44.5 Å². The molecule has 4 aromatic rings. The highest BCUT2D eigenvalue weighted by atomic mass is 79.9. The number of nitrogens with two attached hydrogens (primary N) is 2. The third-order valence-corrected chi connectivity index (χ3v) is 15.5. The van der Waals surface area contributed by atoms with Gasteiger partial charge in [0.15, 0.2) is 0 Å². The molecule has 6 N–H and O–H groups in total. The van der Waals surface area contributed by atoms with E-state index in [0.29, 0.717) is 5.69 Å². The van der Waals surface area contributed by atoms with Gasteiger partial charge in [0.25, 0.3) is 11.8 Å². The second-order valence-electron chi connectivity index (χ2n) is 16.5. The summed E-state index contributed by atoms with van der Waals surface area (Å²) in [5.74, 6) is -1.43. The van der Waals surface area contributed by atoms with Crippen molar-refractivity contribution < 1.29 is 62.2 Å². The predicted molar refractivity (Wildman–Crippen MR) is 259 cm³/mol. The number of sulfonamides is 2. The van der Waals surface area contributed by atoms with E-state index >= 15 is 0 Å². The number of nitrogen functional groups attached to an aromatic ring is 2. The molecule has 2 saturated heterocycles. The van der Waals surface area contributed by atoms with E-state index in [4.69, 9.17) is 11.5 Å². The Morgan fingerprint density at radius 3 is 1.48 bits per heavy atom. The Bertz CT molecular complexity index is 3010. The minimum Gasteiger partial charge on any atom is -0.406 e. The maximum absolute atomic E-state index is 12.8. The molecule has 4 aliphatic rings. The number of nitrogens with zero attached hydrogens (tertiary/aromatic N) is 4. The van der Waals surface area contributed by atoms with Crippen molar-refractivity contribution >= 4 is 76.9 Å². The van der Waals surface area contributed by atoms with Crippen molar-refractivity contribution in [3.8, 4) is 11.5 Å². The number of piperidine rings is 2. The first-order valence-corrected chi connectivity index (χ1v) is 25.2. The van der Waals surface area contributed by atoms with Crippen LogP contribution in [0.2, 0.25) is 0 Å². The van der Waals surface area contributed by atoms with E-state index in [-0.39, 0.29) is 74.7 Å². The largest absolute Gasteiger partial charge is 0.573 e. The van der Waals surface area contributed by atoms with E-state index < -0.39 is 67.2 Å². The molecule has 380 valence electrons. The molecule has 0 aromatic heterocycles. The number of amides is 2. The van der Waals surface area contributed by atoms with E-state index in [0.717, 1.165) is 56.4 Å². The molecule has 0 aliphatic carbocycles. The number of amidine groups is 2. The van der Waals surface area contributed by atoms with Crippen LogP contribution in [0.4, 0.5) is 37.7 Å². The van der Waals surface area contributed by atoms with Gasteiger partial charge in [-0.3, -0.25) is 19.6 Å². The van der Waals surface area contributed by atoms with Crippen molar-refractivity contribution in [2.24, 2.45) is 9.98 Å². The van der Waals surface area contributed by atoms with Gasteiger partial charge in [-0.1, -0.05) is 52.8 Å². The monoisotopic (exact) mass is 1100 g/mol. The minimum atomic E-state index is -4.85. The zero-order valence-electron chi connectivity index (χ0n) is 37.9. The average molecular weight is 1100 g/mol. The van der Waals surface area contributed by atoms with E-state index in [2.05, 4.69) is 52.6 Å². The van der Waals surface area contributed by atoms with Crippen molar-refractivity contribution in [3.63, 3.8) is 0 Å². The van der Waals surface area contributed by atoms with Crippen LogP contribution in [0.25, 0.3) is 6.08 Å². The molecule has 0 atom stereocenters. The summed E-state index contributed by atoms with van der Waals surface area (Å²) < 4.78 is 135. The van der Waals surface area contributed by atoms with Crippen LogP contribution in [0.15, 0.2) is 117 Å². The van der Waals surface area contributed by atoms with Crippen molar-refractivity contribution in [3.05, 3.63) is 135 Å². The number of nitrogens with one attached hydrogen (secondary N) is 2. The maximum atomic E-state index is 12.8. The predicted octanol–water partition coefficient (Wildman–Crippen LogP) is 7.30. The number of carbonyl (C=O) groups is 2. The molecule has 2 spiro atoms. The van der Waals surface area contributed by atoms with Gasteiger partial charge in [-0.25, -0.2) is 16.8 Å². The summed E-state index contributed by atoms with van der Waals surface area (Å²) in [6, 6.07) is 21.2. The number of rotatable bonds is 9. The van der Waals surface area contributed by atoms with Crippen LogP contribution in [0, 0.1) is 13.8 Å². The number of ether oxygens (including phenoxy) is 2. The molecule has 4 aliphatic heterocycles. The highest BCUT2D eigenvalue weighted by Crippen LogP contribution is 2.35. The van der Waals surface area contributed by atoms with Gasteiger partial charge in [0.1, 0.15) is 34.2 Å². The summed E-state index contributed by atoms with van der Waals surface area (Å²) in [4.78, 5) is 34.0. The molecular formula is C46H47BrF6N8O8S2. The summed E-state index contributed by atoms with van der Waals surface area (Å²) in [5, 5.41) is 7.16. The van der Waals surface area contributed by atoms with Crippen molar-refractivity contribution in [2.45, 2.75) is 63.3 Å². The number of aliphatic imine (C=N–C) groups is 2. The fraction of sp³-hybridized carbons (Fsp3) is 0.304.